The van der Waals surface area contributed by atoms with Crippen molar-refractivity contribution in [2.75, 3.05) is 18.1 Å². The lowest BCUT2D eigenvalue weighted by atomic mass is 10.1. The molecule has 29 heavy (non-hydrogen) atoms. The number of aromatic nitrogens is 1. The molecule has 1 saturated heterocycles. The highest BCUT2D eigenvalue weighted by Gasteiger charge is 2.27. The summed E-state index contributed by atoms with van der Waals surface area (Å²) in [5, 5.41) is 4.07. The zero-order chi connectivity index (χ0) is 20.4. The second-order valence-corrected chi connectivity index (χ2v) is 8.82. The Morgan fingerprint density at radius 2 is 2.00 bits per heavy atom. The first-order valence-corrected chi connectivity index (χ1v) is 11.1. The van der Waals surface area contributed by atoms with E-state index in [1.807, 2.05) is 11.4 Å². The number of amides is 1. The Labute approximate surface area is 188 Å². The van der Waals surface area contributed by atoms with Crippen LogP contribution in [0, 0.1) is 0 Å². The first kappa shape index (κ1) is 20.6. The molecule has 1 fully saturated rings. The topological polar surface area (TPSA) is 42.4 Å². The molecule has 4 rings (SSSR count). The number of nitrogens with zero attached hydrogens (tertiary/aromatic N) is 2. The molecule has 0 N–H and O–H groups in total. The first-order chi connectivity index (χ1) is 14.0. The molecule has 0 bridgehead atoms. The summed E-state index contributed by atoms with van der Waals surface area (Å²) in [5.41, 5.74) is 1.98. The smallest absolute Gasteiger partial charge is 0.260 e. The van der Waals surface area contributed by atoms with E-state index in [1.54, 1.807) is 41.3 Å². The molecule has 3 aromatic rings. The zero-order valence-corrected chi connectivity index (χ0v) is 18.4. The van der Waals surface area contributed by atoms with Gasteiger partial charge in [-0.25, -0.2) is 4.98 Å². The van der Waals surface area contributed by atoms with Gasteiger partial charge in [-0.2, -0.15) is 0 Å². The highest BCUT2D eigenvalue weighted by atomic mass is 35.5. The number of halogens is 3. The van der Waals surface area contributed by atoms with E-state index in [0.717, 1.165) is 18.4 Å². The molecule has 0 radical (unpaired) electrons. The van der Waals surface area contributed by atoms with Crippen LogP contribution in [0.5, 0.6) is 0 Å². The van der Waals surface area contributed by atoms with Crippen LogP contribution in [0.2, 0.25) is 15.1 Å². The van der Waals surface area contributed by atoms with Gasteiger partial charge in [-0.05, 0) is 49.2 Å². The Hall–Kier alpha value is -1.63. The van der Waals surface area contributed by atoms with E-state index in [2.05, 4.69) is 4.98 Å². The van der Waals surface area contributed by atoms with Crippen molar-refractivity contribution < 1.29 is 9.53 Å². The van der Waals surface area contributed by atoms with Gasteiger partial charge >= 0.3 is 0 Å². The molecule has 0 unspecified atom stereocenters. The number of carbonyl (C=O) groups is 1. The maximum absolute atomic E-state index is 13.3. The van der Waals surface area contributed by atoms with Gasteiger partial charge in [0.25, 0.3) is 5.91 Å². The third kappa shape index (κ3) is 4.76. The van der Waals surface area contributed by atoms with Crippen molar-refractivity contribution in [2.45, 2.75) is 18.9 Å². The molecule has 150 valence electrons. The molecular formula is C21H17Cl3N2O2S. The second kappa shape index (κ2) is 9.02. The van der Waals surface area contributed by atoms with Crippen molar-refractivity contribution >= 4 is 57.2 Å². The van der Waals surface area contributed by atoms with E-state index in [1.165, 1.54) is 11.3 Å². The molecule has 2 aromatic carbocycles. The van der Waals surface area contributed by atoms with Gasteiger partial charge < -0.3 is 4.74 Å². The monoisotopic (exact) mass is 466 g/mol. The first-order valence-electron chi connectivity index (χ1n) is 9.11. The third-order valence-corrected chi connectivity index (χ3v) is 6.30. The zero-order valence-electron chi connectivity index (χ0n) is 15.3. The van der Waals surface area contributed by atoms with Crippen LogP contribution >= 0.6 is 46.1 Å². The lowest BCUT2D eigenvalue weighted by Crippen LogP contribution is -2.37. The lowest BCUT2D eigenvalue weighted by Gasteiger charge is -2.23. The van der Waals surface area contributed by atoms with E-state index in [0.29, 0.717) is 44.6 Å². The predicted molar refractivity (Wildman–Crippen MR) is 120 cm³/mol. The van der Waals surface area contributed by atoms with Crippen LogP contribution in [0.3, 0.4) is 0 Å². The quantitative estimate of drug-likeness (QED) is 0.425. The minimum atomic E-state index is -0.161. The fraction of sp³-hybridized carbons (Fsp3) is 0.238. The van der Waals surface area contributed by atoms with Crippen LogP contribution in [0.15, 0.2) is 47.8 Å². The van der Waals surface area contributed by atoms with Crippen LogP contribution < -0.4 is 4.90 Å². The van der Waals surface area contributed by atoms with E-state index >= 15 is 0 Å². The van der Waals surface area contributed by atoms with Gasteiger partial charge in [0.2, 0.25) is 0 Å². The van der Waals surface area contributed by atoms with E-state index in [4.69, 9.17) is 39.5 Å². The molecule has 4 nitrogen and oxygen atoms in total. The summed E-state index contributed by atoms with van der Waals surface area (Å²) in [4.78, 5) is 19.6. The van der Waals surface area contributed by atoms with Crippen molar-refractivity contribution in [1.29, 1.82) is 0 Å². The molecule has 0 spiro atoms. The number of ether oxygens (including phenoxy) is 1. The number of hydrogen-bond acceptors (Lipinski definition) is 4. The Morgan fingerprint density at radius 1 is 1.17 bits per heavy atom. The molecule has 1 amide bonds. The van der Waals surface area contributed by atoms with Gasteiger partial charge in [-0.3, -0.25) is 9.69 Å². The third-order valence-electron chi connectivity index (χ3n) is 4.66. The largest absolute Gasteiger partial charge is 0.376 e. The van der Waals surface area contributed by atoms with Crippen LogP contribution in [0.1, 0.15) is 23.2 Å². The average molecular weight is 468 g/mol. The highest BCUT2D eigenvalue weighted by molar-refractivity contribution is 7.14. The van der Waals surface area contributed by atoms with Crippen molar-refractivity contribution in [3.63, 3.8) is 0 Å². The summed E-state index contributed by atoms with van der Waals surface area (Å²) in [5.74, 6) is -0.161. The predicted octanol–water partition coefficient (Wildman–Crippen LogP) is 6.60. The SMILES string of the molecule is O=C(c1cccc(Cl)c1)N(C[C@@H]1CCCO1)c1nc(-c2ccc(Cl)cc2Cl)cs1. The fourth-order valence-corrected chi connectivity index (χ4v) is 4.75. The second-order valence-electron chi connectivity index (χ2n) is 6.70. The van der Waals surface area contributed by atoms with E-state index < -0.39 is 0 Å². The summed E-state index contributed by atoms with van der Waals surface area (Å²) in [7, 11) is 0. The van der Waals surface area contributed by atoms with Crippen molar-refractivity contribution in [3.05, 3.63) is 68.5 Å². The van der Waals surface area contributed by atoms with Crippen LogP contribution in [0.25, 0.3) is 11.3 Å². The molecule has 1 aliphatic heterocycles. The Morgan fingerprint density at radius 3 is 2.72 bits per heavy atom. The standard InChI is InChI=1S/C21H17Cl3N2O2S/c22-14-4-1-3-13(9-14)20(27)26(11-16-5-2-8-28-16)21-25-19(12-29-21)17-7-6-15(23)10-18(17)24/h1,3-4,6-7,9-10,12,16H,2,5,8,11H2/t16-/m0/s1. The number of rotatable bonds is 5. The summed E-state index contributed by atoms with van der Waals surface area (Å²) >= 11 is 19.8. The summed E-state index contributed by atoms with van der Waals surface area (Å²) in [6.45, 7) is 1.15. The van der Waals surface area contributed by atoms with Crippen LogP contribution in [-0.2, 0) is 4.74 Å². The van der Waals surface area contributed by atoms with Crippen LogP contribution in [-0.4, -0.2) is 30.1 Å². The molecular weight excluding hydrogens is 451 g/mol. The fourth-order valence-electron chi connectivity index (χ4n) is 3.23. The number of carbonyl (C=O) groups excluding carboxylic acids is 1. The Kier molecular flexibility index (Phi) is 6.42. The molecule has 1 aliphatic rings. The number of anilines is 1. The van der Waals surface area contributed by atoms with Gasteiger partial charge in [-0.1, -0.05) is 40.9 Å². The number of hydrogen-bond donors (Lipinski definition) is 0. The maximum atomic E-state index is 13.3. The average Bonchev–Trinajstić information content (AvgIpc) is 3.37. The molecule has 1 atom stereocenters. The van der Waals surface area contributed by atoms with Gasteiger partial charge in [-0.15, -0.1) is 11.3 Å². The molecule has 0 saturated carbocycles. The normalized spacial score (nSPS) is 16.2. The summed E-state index contributed by atoms with van der Waals surface area (Å²) < 4.78 is 5.76. The molecule has 8 heteroatoms. The highest BCUT2D eigenvalue weighted by Crippen LogP contribution is 2.34. The van der Waals surface area contributed by atoms with E-state index in [9.17, 15) is 4.79 Å². The van der Waals surface area contributed by atoms with Gasteiger partial charge in [0, 0.05) is 33.2 Å². The maximum Gasteiger partial charge on any atom is 0.260 e. The number of thiazole rings is 1. The minimum Gasteiger partial charge on any atom is -0.376 e. The molecule has 0 aliphatic carbocycles. The molecule has 2 heterocycles. The summed E-state index contributed by atoms with van der Waals surface area (Å²) in [6.07, 6.45) is 1.90. The van der Waals surface area contributed by atoms with E-state index in [-0.39, 0.29) is 12.0 Å². The van der Waals surface area contributed by atoms with Gasteiger partial charge in [0.15, 0.2) is 5.13 Å². The van der Waals surface area contributed by atoms with Crippen molar-refractivity contribution in [1.82, 2.24) is 4.98 Å². The molecule has 1 aromatic heterocycles. The Bertz CT molecular complexity index is 1030. The summed E-state index contributed by atoms with van der Waals surface area (Å²) in [6, 6.07) is 12.2. The number of benzene rings is 2. The van der Waals surface area contributed by atoms with Gasteiger partial charge in [0.05, 0.1) is 23.4 Å². The van der Waals surface area contributed by atoms with Crippen molar-refractivity contribution in [3.8, 4) is 11.3 Å². The minimum absolute atomic E-state index is 0.00963. The van der Waals surface area contributed by atoms with Crippen molar-refractivity contribution in [2.24, 2.45) is 0 Å². The van der Waals surface area contributed by atoms with Crippen LogP contribution in [0.4, 0.5) is 5.13 Å². The Balaban J connectivity index is 1.67. The van der Waals surface area contributed by atoms with Gasteiger partial charge in [0.1, 0.15) is 0 Å². The lowest BCUT2D eigenvalue weighted by molar-refractivity contribution is 0.0917.